The SMILES string of the molecule is COc1ccc(S(=O)(=O)Cl)cc1C(=O)NCC1CCC1. The zero-order valence-electron chi connectivity index (χ0n) is 11.1. The molecule has 0 bridgehead atoms. The number of halogens is 1. The highest BCUT2D eigenvalue weighted by molar-refractivity contribution is 8.13. The molecule has 110 valence electrons. The molecule has 0 heterocycles. The molecule has 20 heavy (non-hydrogen) atoms. The summed E-state index contributed by atoms with van der Waals surface area (Å²) >= 11 is 0. The molecule has 0 aliphatic heterocycles. The molecule has 1 aromatic rings. The molecule has 5 nitrogen and oxygen atoms in total. The fourth-order valence-corrected chi connectivity index (χ4v) is 2.82. The molecule has 1 fully saturated rings. The lowest BCUT2D eigenvalue weighted by Crippen LogP contribution is -2.32. The summed E-state index contributed by atoms with van der Waals surface area (Å²) < 4.78 is 27.7. The summed E-state index contributed by atoms with van der Waals surface area (Å²) in [4.78, 5) is 12.0. The van der Waals surface area contributed by atoms with Gasteiger partial charge in [-0.15, -0.1) is 0 Å². The first-order valence-electron chi connectivity index (χ1n) is 6.32. The molecule has 0 spiro atoms. The second kappa shape index (κ2) is 6.01. The summed E-state index contributed by atoms with van der Waals surface area (Å²) in [7, 11) is 2.84. The van der Waals surface area contributed by atoms with Crippen LogP contribution in [0, 0.1) is 5.92 Å². The fourth-order valence-electron chi connectivity index (χ4n) is 2.05. The first-order valence-corrected chi connectivity index (χ1v) is 8.63. The van der Waals surface area contributed by atoms with Crippen molar-refractivity contribution < 1.29 is 17.9 Å². The maximum Gasteiger partial charge on any atom is 0.261 e. The van der Waals surface area contributed by atoms with E-state index in [0.29, 0.717) is 18.2 Å². The van der Waals surface area contributed by atoms with Gasteiger partial charge in [-0.05, 0) is 37.0 Å². The molecule has 0 unspecified atom stereocenters. The van der Waals surface area contributed by atoms with Crippen molar-refractivity contribution in [2.45, 2.75) is 24.2 Å². The van der Waals surface area contributed by atoms with Crippen LogP contribution >= 0.6 is 10.7 Å². The molecule has 1 N–H and O–H groups in total. The van der Waals surface area contributed by atoms with Crippen LogP contribution in [0.4, 0.5) is 0 Å². The molecule has 0 radical (unpaired) electrons. The molecular formula is C13H16ClNO4S. The van der Waals surface area contributed by atoms with Crippen LogP contribution in [0.2, 0.25) is 0 Å². The quantitative estimate of drug-likeness (QED) is 0.845. The number of hydrogen-bond donors (Lipinski definition) is 1. The lowest BCUT2D eigenvalue weighted by Gasteiger charge is -2.25. The number of carbonyl (C=O) groups excluding carboxylic acids is 1. The Labute approximate surface area is 122 Å². The van der Waals surface area contributed by atoms with E-state index in [4.69, 9.17) is 15.4 Å². The second-order valence-electron chi connectivity index (χ2n) is 4.81. The molecule has 1 aromatic carbocycles. The zero-order valence-corrected chi connectivity index (χ0v) is 12.6. The minimum Gasteiger partial charge on any atom is -0.496 e. The Morgan fingerprint density at radius 2 is 2.15 bits per heavy atom. The number of rotatable bonds is 5. The number of ether oxygens (including phenoxy) is 1. The van der Waals surface area contributed by atoms with E-state index in [1.165, 1.54) is 31.7 Å². The highest BCUT2D eigenvalue weighted by Crippen LogP contribution is 2.27. The summed E-state index contributed by atoms with van der Waals surface area (Å²) in [6.45, 7) is 0.597. The predicted octanol–water partition coefficient (Wildman–Crippen LogP) is 2.15. The summed E-state index contributed by atoms with van der Waals surface area (Å²) in [6, 6.07) is 3.97. The van der Waals surface area contributed by atoms with Gasteiger partial charge in [0.25, 0.3) is 15.0 Å². The van der Waals surface area contributed by atoms with Gasteiger partial charge >= 0.3 is 0 Å². The summed E-state index contributed by atoms with van der Waals surface area (Å²) in [5.41, 5.74) is 0.175. The van der Waals surface area contributed by atoms with E-state index in [1.54, 1.807) is 0 Å². The van der Waals surface area contributed by atoms with Gasteiger partial charge in [0.15, 0.2) is 0 Å². The molecule has 1 aliphatic rings. The third-order valence-electron chi connectivity index (χ3n) is 3.47. The third-order valence-corrected chi connectivity index (χ3v) is 4.82. The fraction of sp³-hybridized carbons (Fsp3) is 0.462. The van der Waals surface area contributed by atoms with Crippen molar-refractivity contribution in [1.29, 1.82) is 0 Å². The van der Waals surface area contributed by atoms with E-state index in [-0.39, 0.29) is 16.4 Å². The van der Waals surface area contributed by atoms with Crippen molar-refractivity contribution >= 4 is 25.6 Å². The molecule has 0 saturated heterocycles. The first-order chi connectivity index (χ1) is 9.41. The first kappa shape index (κ1) is 15.1. The van der Waals surface area contributed by atoms with Crippen LogP contribution < -0.4 is 10.1 Å². The molecule has 7 heteroatoms. The van der Waals surface area contributed by atoms with E-state index >= 15 is 0 Å². The number of amides is 1. The Bertz CT molecular complexity index is 611. The summed E-state index contributed by atoms with van der Waals surface area (Å²) in [5, 5.41) is 2.80. The lowest BCUT2D eigenvalue weighted by molar-refractivity contribution is 0.0936. The number of methoxy groups -OCH3 is 1. The number of benzene rings is 1. The van der Waals surface area contributed by atoms with Crippen molar-refractivity contribution in [3.05, 3.63) is 23.8 Å². The van der Waals surface area contributed by atoms with Crippen LogP contribution in [0.15, 0.2) is 23.1 Å². The molecule has 1 amide bonds. The Kier molecular flexibility index (Phi) is 4.55. The highest BCUT2D eigenvalue weighted by Gasteiger charge is 2.21. The van der Waals surface area contributed by atoms with Crippen molar-refractivity contribution in [2.24, 2.45) is 5.92 Å². The minimum absolute atomic E-state index is 0.117. The molecule has 2 rings (SSSR count). The third kappa shape index (κ3) is 3.43. The van der Waals surface area contributed by atoms with Crippen LogP contribution in [0.1, 0.15) is 29.6 Å². The van der Waals surface area contributed by atoms with Crippen molar-refractivity contribution in [1.82, 2.24) is 5.32 Å². The van der Waals surface area contributed by atoms with E-state index in [2.05, 4.69) is 5.32 Å². The topological polar surface area (TPSA) is 72.5 Å². The molecule has 0 atom stereocenters. The van der Waals surface area contributed by atoms with Gasteiger partial charge in [-0.1, -0.05) is 6.42 Å². The van der Waals surface area contributed by atoms with Crippen molar-refractivity contribution in [3.8, 4) is 5.75 Å². The lowest BCUT2D eigenvalue weighted by atomic mass is 9.85. The van der Waals surface area contributed by atoms with Crippen LogP contribution in [0.3, 0.4) is 0 Å². The van der Waals surface area contributed by atoms with Gasteiger partial charge < -0.3 is 10.1 Å². The van der Waals surface area contributed by atoms with E-state index in [9.17, 15) is 13.2 Å². The molecular weight excluding hydrogens is 302 g/mol. The van der Waals surface area contributed by atoms with Crippen LogP contribution in [0.5, 0.6) is 5.75 Å². The van der Waals surface area contributed by atoms with Gasteiger partial charge in [0, 0.05) is 17.2 Å². The summed E-state index contributed by atoms with van der Waals surface area (Å²) in [5.74, 6) is 0.487. The van der Waals surface area contributed by atoms with E-state index in [0.717, 1.165) is 12.8 Å². The average Bonchev–Trinajstić information content (AvgIpc) is 2.34. The summed E-state index contributed by atoms with van der Waals surface area (Å²) in [6.07, 6.45) is 3.44. The van der Waals surface area contributed by atoms with Gasteiger partial charge in [0.2, 0.25) is 0 Å². The van der Waals surface area contributed by atoms with Crippen molar-refractivity contribution in [3.63, 3.8) is 0 Å². The maximum atomic E-state index is 12.1. The van der Waals surface area contributed by atoms with E-state index < -0.39 is 9.05 Å². The Hall–Kier alpha value is -1.27. The molecule has 1 aliphatic carbocycles. The normalized spacial score (nSPS) is 15.5. The van der Waals surface area contributed by atoms with Gasteiger partial charge in [-0.3, -0.25) is 4.79 Å². The van der Waals surface area contributed by atoms with Gasteiger partial charge in [-0.25, -0.2) is 8.42 Å². The van der Waals surface area contributed by atoms with Gasteiger partial charge in [0.1, 0.15) is 5.75 Å². The van der Waals surface area contributed by atoms with Crippen LogP contribution in [-0.2, 0) is 9.05 Å². The molecule has 0 aromatic heterocycles. The van der Waals surface area contributed by atoms with Crippen LogP contribution in [-0.4, -0.2) is 28.0 Å². The van der Waals surface area contributed by atoms with E-state index in [1.807, 2.05) is 0 Å². The molecule has 1 saturated carbocycles. The Morgan fingerprint density at radius 1 is 1.45 bits per heavy atom. The number of carbonyl (C=O) groups is 1. The minimum atomic E-state index is -3.87. The zero-order chi connectivity index (χ0) is 14.8. The average molecular weight is 318 g/mol. The predicted molar refractivity (Wildman–Crippen MR) is 75.7 cm³/mol. The van der Waals surface area contributed by atoms with Gasteiger partial charge in [0.05, 0.1) is 17.6 Å². The highest BCUT2D eigenvalue weighted by atomic mass is 35.7. The second-order valence-corrected chi connectivity index (χ2v) is 7.37. The van der Waals surface area contributed by atoms with Crippen molar-refractivity contribution in [2.75, 3.05) is 13.7 Å². The van der Waals surface area contributed by atoms with Gasteiger partial charge in [-0.2, -0.15) is 0 Å². The number of hydrogen-bond acceptors (Lipinski definition) is 4. The standard InChI is InChI=1S/C13H16ClNO4S/c1-19-12-6-5-10(20(14,17)18)7-11(12)13(16)15-8-9-3-2-4-9/h5-7,9H,2-4,8H2,1H3,(H,15,16). The Balaban J connectivity index is 2.20. The maximum absolute atomic E-state index is 12.1. The van der Waals surface area contributed by atoms with Crippen LogP contribution in [0.25, 0.3) is 0 Å². The number of nitrogens with one attached hydrogen (secondary N) is 1. The monoisotopic (exact) mass is 317 g/mol. The smallest absolute Gasteiger partial charge is 0.261 e. The largest absolute Gasteiger partial charge is 0.496 e. The Morgan fingerprint density at radius 3 is 2.65 bits per heavy atom.